The third-order valence-corrected chi connectivity index (χ3v) is 11.4. The van der Waals surface area contributed by atoms with Crippen molar-refractivity contribution in [3.63, 3.8) is 0 Å². The maximum absolute atomic E-state index is 12.9. The molecule has 0 aliphatic heterocycles. The van der Waals surface area contributed by atoms with Crippen LogP contribution in [0.3, 0.4) is 0 Å². The zero-order chi connectivity index (χ0) is 41.9. The Bertz CT molecular complexity index is 809. The van der Waals surface area contributed by atoms with Gasteiger partial charge in [-0.25, -0.2) is 0 Å². The molecule has 6 heteroatoms. The summed E-state index contributed by atoms with van der Waals surface area (Å²) in [6.07, 6.45) is 45.7. The number of hydrogen-bond acceptors (Lipinski definition) is 5. The van der Waals surface area contributed by atoms with Crippen LogP contribution in [0.2, 0.25) is 0 Å². The lowest BCUT2D eigenvalue weighted by Crippen LogP contribution is -2.34. The third kappa shape index (κ3) is 44.2. The molecule has 0 aliphatic rings. The van der Waals surface area contributed by atoms with Gasteiger partial charge in [0.05, 0.1) is 25.2 Å². The van der Waals surface area contributed by atoms with Gasteiger partial charge < -0.3 is 19.5 Å². The molecule has 0 atom stereocenters. The predicted octanol–water partition coefficient (Wildman–Crippen LogP) is 15.6. The number of rotatable bonds is 46. The topological polar surface area (TPSA) is 73.9 Å². The normalized spacial score (nSPS) is 11.9. The first-order valence-electron chi connectivity index (χ1n) is 25.4. The second-order valence-electron chi connectivity index (χ2n) is 18.7. The highest BCUT2D eigenvalue weighted by Gasteiger charge is 2.19. The molecule has 0 heterocycles. The molecule has 1 N–H and O–H groups in total. The lowest BCUT2D eigenvalue weighted by molar-refractivity contribution is -0.151. The predicted molar refractivity (Wildman–Crippen MR) is 246 cm³/mol. The van der Waals surface area contributed by atoms with Crippen molar-refractivity contribution in [2.45, 2.75) is 284 Å². The summed E-state index contributed by atoms with van der Waals surface area (Å²) in [4.78, 5) is 25.3. The fourth-order valence-corrected chi connectivity index (χ4v) is 7.67. The van der Waals surface area contributed by atoms with E-state index in [1.54, 1.807) is 0 Å². The van der Waals surface area contributed by atoms with Crippen LogP contribution < -0.4 is 5.32 Å². The van der Waals surface area contributed by atoms with Gasteiger partial charge in [0.1, 0.15) is 6.10 Å². The number of carbonyl (C=O) groups excluding carboxylic acids is 2. The molecule has 0 aliphatic carbocycles. The van der Waals surface area contributed by atoms with Gasteiger partial charge in [-0.1, -0.05) is 220 Å². The van der Waals surface area contributed by atoms with Crippen LogP contribution in [-0.2, 0) is 23.8 Å². The van der Waals surface area contributed by atoms with Crippen LogP contribution in [0.25, 0.3) is 0 Å². The number of amides is 1. The summed E-state index contributed by atoms with van der Waals surface area (Å²) in [5, 5.41) is 2.89. The van der Waals surface area contributed by atoms with Crippen LogP contribution >= 0.6 is 0 Å². The Morgan fingerprint density at radius 1 is 0.509 bits per heavy atom. The second kappa shape index (κ2) is 43.0. The highest BCUT2D eigenvalue weighted by molar-refractivity contribution is 5.81. The van der Waals surface area contributed by atoms with E-state index < -0.39 is 0 Å². The van der Waals surface area contributed by atoms with Crippen LogP contribution in [0, 0.1) is 5.92 Å². The van der Waals surface area contributed by atoms with Gasteiger partial charge in [-0.15, -0.1) is 0 Å². The summed E-state index contributed by atoms with van der Waals surface area (Å²) in [5.41, 5.74) is -0.354. The lowest BCUT2D eigenvalue weighted by Gasteiger charge is -2.26. The molecule has 340 valence electrons. The van der Waals surface area contributed by atoms with Crippen molar-refractivity contribution in [3.8, 4) is 0 Å². The van der Waals surface area contributed by atoms with Gasteiger partial charge in [0.25, 0.3) is 0 Å². The first kappa shape index (κ1) is 55.9. The molecule has 0 bridgehead atoms. The van der Waals surface area contributed by atoms with E-state index in [1.807, 2.05) is 13.8 Å². The molecule has 0 fully saturated rings. The SMILES string of the molecule is CCCCCCCCCCCCCCCCCCC(CCCCCCCCCCCCCCCCCC)OC(=O)CCC(=O)NCCOCC(C)(C)OCC(C)C. The van der Waals surface area contributed by atoms with Gasteiger partial charge >= 0.3 is 5.97 Å². The number of esters is 1. The molecular formula is C51H101NO5. The van der Waals surface area contributed by atoms with Gasteiger partial charge in [-0.2, -0.15) is 0 Å². The minimum Gasteiger partial charge on any atom is -0.462 e. The number of hydrogen-bond donors (Lipinski definition) is 1. The van der Waals surface area contributed by atoms with Crippen LogP contribution in [0.1, 0.15) is 273 Å². The fraction of sp³-hybridized carbons (Fsp3) is 0.961. The Morgan fingerprint density at radius 3 is 1.21 bits per heavy atom. The van der Waals surface area contributed by atoms with Crippen LogP contribution in [0.15, 0.2) is 0 Å². The summed E-state index contributed by atoms with van der Waals surface area (Å²) >= 11 is 0. The van der Waals surface area contributed by atoms with Crippen molar-refractivity contribution >= 4 is 11.9 Å². The quantitative estimate of drug-likeness (QED) is 0.0490. The second-order valence-corrected chi connectivity index (χ2v) is 18.7. The summed E-state index contributed by atoms with van der Waals surface area (Å²) < 4.78 is 17.7. The molecule has 0 aromatic carbocycles. The van der Waals surface area contributed by atoms with Crippen molar-refractivity contribution in [1.29, 1.82) is 0 Å². The van der Waals surface area contributed by atoms with E-state index in [-0.39, 0.29) is 36.4 Å². The van der Waals surface area contributed by atoms with Crippen LogP contribution in [0.5, 0.6) is 0 Å². The number of unbranched alkanes of at least 4 members (excludes halogenated alkanes) is 30. The lowest BCUT2D eigenvalue weighted by atomic mass is 10.0. The van der Waals surface area contributed by atoms with Crippen LogP contribution in [-0.4, -0.2) is 49.9 Å². The van der Waals surface area contributed by atoms with Gasteiger partial charge in [0.15, 0.2) is 0 Å². The van der Waals surface area contributed by atoms with Crippen molar-refractivity contribution in [3.05, 3.63) is 0 Å². The molecule has 0 saturated carbocycles. The van der Waals surface area contributed by atoms with Gasteiger partial charge in [0.2, 0.25) is 5.91 Å². The van der Waals surface area contributed by atoms with Gasteiger partial charge in [-0.3, -0.25) is 9.59 Å². The van der Waals surface area contributed by atoms with Crippen molar-refractivity contribution in [2.24, 2.45) is 5.92 Å². The summed E-state index contributed by atoms with van der Waals surface area (Å²) in [7, 11) is 0. The molecule has 0 saturated heterocycles. The Kier molecular flexibility index (Phi) is 42.1. The van der Waals surface area contributed by atoms with Crippen molar-refractivity contribution in [2.75, 3.05) is 26.4 Å². The molecule has 0 radical (unpaired) electrons. The van der Waals surface area contributed by atoms with Crippen molar-refractivity contribution < 1.29 is 23.8 Å². The van der Waals surface area contributed by atoms with E-state index in [0.717, 1.165) is 25.7 Å². The Balaban J connectivity index is 4.28. The van der Waals surface area contributed by atoms with E-state index in [4.69, 9.17) is 14.2 Å². The third-order valence-electron chi connectivity index (χ3n) is 11.4. The maximum Gasteiger partial charge on any atom is 0.306 e. The highest BCUT2D eigenvalue weighted by atomic mass is 16.5. The Morgan fingerprint density at radius 2 is 0.860 bits per heavy atom. The van der Waals surface area contributed by atoms with Gasteiger partial charge in [0, 0.05) is 19.6 Å². The molecule has 6 nitrogen and oxygen atoms in total. The Labute approximate surface area is 356 Å². The van der Waals surface area contributed by atoms with E-state index in [2.05, 4.69) is 33.0 Å². The summed E-state index contributed by atoms with van der Waals surface area (Å²) in [6, 6.07) is 0. The highest BCUT2D eigenvalue weighted by Crippen LogP contribution is 2.20. The van der Waals surface area contributed by atoms with E-state index >= 15 is 0 Å². The Hall–Kier alpha value is -1.14. The fourth-order valence-electron chi connectivity index (χ4n) is 7.67. The standard InChI is InChI=1S/C51H101NO5/c1-7-9-11-13-15-17-19-21-23-25-27-29-31-33-35-37-39-48(40-38-36-34-32-30-28-26-24-22-20-18-16-14-12-10-8-2)57-50(54)42-41-49(53)52-43-44-55-46-51(5,6)56-45-47(3)4/h47-48H,7-46H2,1-6H3,(H,52,53). The number of nitrogens with one attached hydrogen (secondary N) is 1. The van der Waals surface area contributed by atoms with E-state index in [9.17, 15) is 9.59 Å². The first-order chi connectivity index (χ1) is 27.7. The monoisotopic (exact) mass is 808 g/mol. The van der Waals surface area contributed by atoms with Crippen LogP contribution in [0.4, 0.5) is 0 Å². The minimum absolute atomic E-state index is 0.0199. The molecule has 1 amide bonds. The first-order valence-corrected chi connectivity index (χ1v) is 25.4. The molecule has 0 aromatic heterocycles. The molecule has 57 heavy (non-hydrogen) atoms. The summed E-state index contributed by atoms with van der Waals surface area (Å²) in [6.45, 7) is 14.9. The molecular weight excluding hydrogens is 707 g/mol. The maximum atomic E-state index is 12.9. The molecule has 0 aromatic rings. The smallest absolute Gasteiger partial charge is 0.306 e. The van der Waals surface area contributed by atoms with E-state index in [0.29, 0.717) is 32.3 Å². The zero-order valence-electron chi connectivity index (χ0n) is 39.5. The van der Waals surface area contributed by atoms with E-state index in [1.165, 1.54) is 193 Å². The molecule has 0 spiro atoms. The van der Waals surface area contributed by atoms with Gasteiger partial charge in [-0.05, 0) is 45.4 Å². The average Bonchev–Trinajstić information content (AvgIpc) is 3.18. The number of carbonyl (C=O) groups is 2. The zero-order valence-corrected chi connectivity index (χ0v) is 39.5. The molecule has 0 rings (SSSR count). The minimum atomic E-state index is -0.354. The largest absolute Gasteiger partial charge is 0.462 e. The average molecular weight is 808 g/mol. The van der Waals surface area contributed by atoms with Crippen molar-refractivity contribution in [1.82, 2.24) is 5.32 Å². The molecule has 0 unspecified atom stereocenters. The summed E-state index contributed by atoms with van der Waals surface area (Å²) in [5.74, 6) is 0.115. The number of ether oxygens (including phenoxy) is 3.